The molecule has 1 aromatic carbocycles. The molecule has 1 saturated heterocycles. The van der Waals surface area contributed by atoms with E-state index < -0.39 is 0 Å². The molecule has 1 aromatic heterocycles. The van der Waals surface area contributed by atoms with Crippen LogP contribution in [-0.4, -0.2) is 46.2 Å². The smallest absolute Gasteiger partial charge is 0.226 e. The van der Waals surface area contributed by atoms with Crippen LogP contribution in [0.5, 0.6) is 0 Å². The second-order valence-corrected chi connectivity index (χ2v) is 7.05. The lowest BCUT2D eigenvalue weighted by molar-refractivity contribution is -0.140. The van der Waals surface area contributed by atoms with Crippen molar-refractivity contribution in [2.45, 2.75) is 32.7 Å². The molecule has 0 unspecified atom stereocenters. The van der Waals surface area contributed by atoms with Gasteiger partial charge in [-0.25, -0.2) is 4.98 Å². The van der Waals surface area contributed by atoms with Crippen LogP contribution >= 0.6 is 0 Å². The summed E-state index contributed by atoms with van der Waals surface area (Å²) in [6, 6.07) is 9.83. The molecule has 2 amide bonds. The van der Waals surface area contributed by atoms with Gasteiger partial charge in [-0.15, -0.1) is 0 Å². The minimum absolute atomic E-state index is 0.00708. The third-order valence-corrected chi connectivity index (χ3v) is 5.35. The van der Waals surface area contributed by atoms with E-state index in [1.165, 1.54) is 0 Å². The second kappa shape index (κ2) is 6.94. The summed E-state index contributed by atoms with van der Waals surface area (Å²) in [5.41, 5.74) is 1.82. The summed E-state index contributed by atoms with van der Waals surface area (Å²) in [7, 11) is 0. The fourth-order valence-corrected chi connectivity index (χ4v) is 3.79. The molecule has 2 aliphatic heterocycles. The molecule has 0 bridgehead atoms. The lowest BCUT2D eigenvalue weighted by Gasteiger charge is -2.34. The Kier molecular flexibility index (Phi) is 4.49. The van der Waals surface area contributed by atoms with Crippen LogP contribution in [0.1, 0.15) is 31.2 Å². The van der Waals surface area contributed by atoms with Gasteiger partial charge in [-0.2, -0.15) is 0 Å². The first-order valence-electron chi connectivity index (χ1n) is 9.20. The minimum atomic E-state index is 0.00708. The molecule has 0 atom stereocenters. The Labute approximate surface area is 152 Å². The van der Waals surface area contributed by atoms with Crippen LogP contribution in [0.25, 0.3) is 11.5 Å². The van der Waals surface area contributed by atoms with Gasteiger partial charge >= 0.3 is 0 Å². The van der Waals surface area contributed by atoms with Crippen LogP contribution in [0.3, 0.4) is 0 Å². The van der Waals surface area contributed by atoms with E-state index in [4.69, 9.17) is 4.42 Å². The Morgan fingerprint density at radius 2 is 1.81 bits per heavy atom. The summed E-state index contributed by atoms with van der Waals surface area (Å²) >= 11 is 0. The van der Waals surface area contributed by atoms with Crippen molar-refractivity contribution in [3.63, 3.8) is 0 Å². The van der Waals surface area contributed by atoms with Gasteiger partial charge < -0.3 is 14.2 Å². The van der Waals surface area contributed by atoms with Gasteiger partial charge in [-0.3, -0.25) is 9.59 Å². The summed E-state index contributed by atoms with van der Waals surface area (Å²) < 4.78 is 5.91. The molecular formula is C20H23N3O3. The van der Waals surface area contributed by atoms with Gasteiger partial charge in [0.1, 0.15) is 11.5 Å². The average molecular weight is 353 g/mol. The number of amides is 2. The highest BCUT2D eigenvalue weighted by Crippen LogP contribution is 2.28. The molecular weight excluding hydrogens is 330 g/mol. The normalized spacial score (nSPS) is 17.9. The highest BCUT2D eigenvalue weighted by molar-refractivity contribution is 5.80. The maximum absolute atomic E-state index is 12.9. The summed E-state index contributed by atoms with van der Waals surface area (Å²) in [5, 5.41) is 0. The van der Waals surface area contributed by atoms with E-state index in [1.54, 1.807) is 6.92 Å². The Balaban J connectivity index is 1.43. The van der Waals surface area contributed by atoms with Gasteiger partial charge in [0.2, 0.25) is 17.7 Å². The van der Waals surface area contributed by atoms with E-state index in [-0.39, 0.29) is 17.7 Å². The van der Waals surface area contributed by atoms with Crippen molar-refractivity contribution in [1.82, 2.24) is 14.8 Å². The van der Waals surface area contributed by atoms with Crippen molar-refractivity contribution in [2.24, 2.45) is 5.92 Å². The molecule has 136 valence electrons. The zero-order valence-electron chi connectivity index (χ0n) is 15.0. The first kappa shape index (κ1) is 16.8. The fraction of sp³-hybridized carbons (Fsp3) is 0.450. The van der Waals surface area contributed by atoms with Gasteiger partial charge in [0.05, 0.1) is 6.54 Å². The summed E-state index contributed by atoms with van der Waals surface area (Å²) in [5.74, 6) is 1.80. The number of carbonyl (C=O) groups is 2. The zero-order valence-corrected chi connectivity index (χ0v) is 15.0. The van der Waals surface area contributed by atoms with Crippen LogP contribution in [0, 0.1) is 5.92 Å². The summed E-state index contributed by atoms with van der Waals surface area (Å²) in [6.07, 6.45) is 2.19. The molecule has 26 heavy (non-hydrogen) atoms. The van der Waals surface area contributed by atoms with Gasteiger partial charge in [-0.1, -0.05) is 18.2 Å². The lowest BCUT2D eigenvalue weighted by atomic mass is 9.94. The molecule has 0 radical (unpaired) electrons. The third-order valence-electron chi connectivity index (χ3n) is 5.35. The van der Waals surface area contributed by atoms with Crippen LogP contribution < -0.4 is 0 Å². The first-order valence-corrected chi connectivity index (χ1v) is 9.20. The number of hydrogen-bond donors (Lipinski definition) is 0. The van der Waals surface area contributed by atoms with E-state index in [0.29, 0.717) is 38.5 Å². The van der Waals surface area contributed by atoms with Crippen LogP contribution in [-0.2, 0) is 22.6 Å². The molecule has 1 fully saturated rings. The van der Waals surface area contributed by atoms with Crippen molar-refractivity contribution in [3.05, 3.63) is 41.8 Å². The highest BCUT2D eigenvalue weighted by Gasteiger charge is 2.32. The molecule has 0 N–H and O–H groups in total. The molecule has 0 spiro atoms. The molecule has 3 heterocycles. The average Bonchev–Trinajstić information content (AvgIpc) is 3.11. The Morgan fingerprint density at radius 3 is 2.50 bits per heavy atom. The molecule has 0 aliphatic carbocycles. The van der Waals surface area contributed by atoms with Crippen molar-refractivity contribution in [2.75, 3.05) is 19.6 Å². The molecule has 2 aromatic rings. The van der Waals surface area contributed by atoms with Gasteiger partial charge in [0.15, 0.2) is 0 Å². The van der Waals surface area contributed by atoms with Gasteiger partial charge in [0, 0.05) is 44.5 Å². The van der Waals surface area contributed by atoms with Crippen molar-refractivity contribution in [3.8, 4) is 11.5 Å². The van der Waals surface area contributed by atoms with E-state index in [1.807, 2.05) is 40.1 Å². The van der Waals surface area contributed by atoms with Gasteiger partial charge in [-0.05, 0) is 25.0 Å². The van der Waals surface area contributed by atoms with Crippen LogP contribution in [0.2, 0.25) is 0 Å². The summed E-state index contributed by atoms with van der Waals surface area (Å²) in [6.45, 7) is 4.11. The van der Waals surface area contributed by atoms with E-state index in [0.717, 1.165) is 29.9 Å². The third kappa shape index (κ3) is 3.23. The van der Waals surface area contributed by atoms with E-state index >= 15 is 0 Å². The van der Waals surface area contributed by atoms with Crippen molar-refractivity contribution >= 4 is 11.8 Å². The molecule has 6 nitrogen and oxygen atoms in total. The topological polar surface area (TPSA) is 66.7 Å². The number of oxazole rings is 1. The maximum atomic E-state index is 12.9. The number of nitrogens with zero attached hydrogens (tertiary/aromatic N) is 3. The second-order valence-electron chi connectivity index (χ2n) is 7.05. The Bertz CT molecular complexity index is 807. The number of rotatable bonds is 2. The monoisotopic (exact) mass is 353 g/mol. The number of hydrogen-bond acceptors (Lipinski definition) is 4. The maximum Gasteiger partial charge on any atom is 0.226 e. The van der Waals surface area contributed by atoms with Crippen molar-refractivity contribution in [1.29, 1.82) is 0 Å². The zero-order chi connectivity index (χ0) is 18.1. The molecule has 4 rings (SSSR count). The van der Waals surface area contributed by atoms with Crippen LogP contribution in [0.4, 0.5) is 0 Å². The number of likely N-dealkylation sites (tertiary alicyclic amines) is 1. The number of carbonyl (C=O) groups excluding carboxylic acids is 2. The minimum Gasteiger partial charge on any atom is -0.441 e. The lowest BCUT2D eigenvalue weighted by Crippen LogP contribution is -2.45. The number of fused-ring (bicyclic) bond motifs is 1. The highest BCUT2D eigenvalue weighted by atomic mass is 16.4. The number of aromatic nitrogens is 1. The Morgan fingerprint density at radius 1 is 1.08 bits per heavy atom. The fourth-order valence-electron chi connectivity index (χ4n) is 3.79. The standard InChI is InChI=1S/C20H23N3O3/c1-14(24)22-10-7-16(8-11-22)20(25)23-12-9-18-17(13-23)21-19(26-18)15-5-3-2-4-6-15/h2-6,16H,7-13H2,1H3. The summed E-state index contributed by atoms with van der Waals surface area (Å²) in [4.78, 5) is 32.7. The number of piperidine rings is 1. The predicted molar refractivity (Wildman–Crippen MR) is 96.0 cm³/mol. The largest absolute Gasteiger partial charge is 0.441 e. The van der Waals surface area contributed by atoms with Gasteiger partial charge in [0.25, 0.3) is 0 Å². The van der Waals surface area contributed by atoms with Crippen molar-refractivity contribution < 1.29 is 14.0 Å². The number of benzene rings is 1. The predicted octanol–water partition coefficient (Wildman–Crippen LogP) is 2.48. The van der Waals surface area contributed by atoms with Crippen LogP contribution in [0.15, 0.2) is 34.7 Å². The SMILES string of the molecule is CC(=O)N1CCC(C(=O)N2CCc3oc(-c4ccccc4)nc3C2)CC1. The molecule has 2 aliphatic rings. The van der Waals surface area contributed by atoms with E-state index in [9.17, 15) is 9.59 Å². The quantitative estimate of drug-likeness (QED) is 0.832. The molecule has 6 heteroatoms. The molecule has 0 saturated carbocycles. The van der Waals surface area contributed by atoms with E-state index in [2.05, 4.69) is 4.98 Å². The first-order chi connectivity index (χ1) is 12.6. The Hall–Kier alpha value is -2.63.